The van der Waals surface area contributed by atoms with Crippen LogP contribution in [-0.4, -0.2) is 5.71 Å². The maximum Gasteiger partial charge on any atom is 0.0392 e. The number of hydrogen-bond acceptors (Lipinski definition) is 1. The van der Waals surface area contributed by atoms with Crippen LogP contribution in [0.2, 0.25) is 0 Å². The highest BCUT2D eigenvalue weighted by Gasteiger charge is 2.16. The van der Waals surface area contributed by atoms with Gasteiger partial charge in [0.05, 0.1) is 0 Å². The van der Waals surface area contributed by atoms with Crippen molar-refractivity contribution in [2.75, 3.05) is 0 Å². The van der Waals surface area contributed by atoms with Crippen LogP contribution in [0.1, 0.15) is 23.1 Å². The molecule has 2 rings (SSSR count). The fourth-order valence-electron chi connectivity index (χ4n) is 1.70. The van der Waals surface area contributed by atoms with E-state index in [0.29, 0.717) is 0 Å². The van der Waals surface area contributed by atoms with Gasteiger partial charge in [0.1, 0.15) is 0 Å². The van der Waals surface area contributed by atoms with Crippen LogP contribution in [0.5, 0.6) is 0 Å². The number of nitrogens with one attached hydrogen (secondary N) is 1. The van der Waals surface area contributed by atoms with E-state index in [1.54, 1.807) is 0 Å². The van der Waals surface area contributed by atoms with E-state index in [9.17, 15) is 0 Å². The predicted octanol–water partition coefficient (Wildman–Crippen LogP) is 2.31. The molecule has 0 radical (unpaired) electrons. The Hall–Kier alpha value is -1.11. The minimum absolute atomic E-state index is 0.809. The van der Waals surface area contributed by atoms with Crippen LogP contribution in [-0.2, 0) is 6.42 Å². The number of benzene rings is 1. The first-order valence-corrected chi connectivity index (χ1v) is 3.95. The number of hydrogen-bond donors (Lipinski definition) is 1. The lowest BCUT2D eigenvalue weighted by atomic mass is 10.0. The third kappa shape index (κ3) is 0.881. The van der Waals surface area contributed by atoms with E-state index in [0.717, 1.165) is 18.6 Å². The van der Waals surface area contributed by atoms with E-state index in [2.05, 4.69) is 19.1 Å². The molecule has 1 aliphatic rings. The van der Waals surface area contributed by atoms with Crippen molar-refractivity contribution in [1.29, 1.82) is 5.41 Å². The molecule has 0 spiro atoms. The lowest BCUT2D eigenvalue weighted by Crippen LogP contribution is -1.91. The Labute approximate surface area is 66.6 Å². The van der Waals surface area contributed by atoms with Gasteiger partial charge in [0.15, 0.2) is 0 Å². The smallest absolute Gasteiger partial charge is 0.0392 e. The number of fused-ring (bicyclic) bond motifs is 1. The molecule has 1 aliphatic carbocycles. The molecule has 0 bridgehead atoms. The molecule has 1 nitrogen and oxygen atoms in total. The van der Waals surface area contributed by atoms with Gasteiger partial charge in [0, 0.05) is 5.71 Å². The summed E-state index contributed by atoms with van der Waals surface area (Å²) >= 11 is 0. The van der Waals surface area contributed by atoms with E-state index >= 15 is 0 Å². The molecule has 0 fully saturated rings. The van der Waals surface area contributed by atoms with Crippen LogP contribution in [0.3, 0.4) is 0 Å². The molecule has 0 unspecified atom stereocenters. The molecular formula is C10H11N. The largest absolute Gasteiger partial charge is 0.305 e. The van der Waals surface area contributed by atoms with Gasteiger partial charge in [-0.2, -0.15) is 0 Å². The standard InChI is InChI=1S/C10H11N/c1-7-3-2-4-9-8(7)5-6-10(9)11/h2-4,11H,5-6H2,1H3. The Balaban J connectivity index is 2.66. The van der Waals surface area contributed by atoms with Crippen molar-refractivity contribution in [1.82, 2.24) is 0 Å². The van der Waals surface area contributed by atoms with Crippen molar-refractivity contribution in [2.45, 2.75) is 19.8 Å². The Morgan fingerprint density at radius 2 is 2.09 bits per heavy atom. The lowest BCUT2D eigenvalue weighted by Gasteiger charge is -2.00. The third-order valence-corrected chi connectivity index (χ3v) is 2.36. The van der Waals surface area contributed by atoms with E-state index in [1.165, 1.54) is 16.7 Å². The summed E-state index contributed by atoms with van der Waals surface area (Å²) in [6.07, 6.45) is 2.00. The summed E-state index contributed by atoms with van der Waals surface area (Å²) in [5, 5.41) is 7.63. The van der Waals surface area contributed by atoms with Gasteiger partial charge in [0.25, 0.3) is 0 Å². The van der Waals surface area contributed by atoms with Gasteiger partial charge in [-0.15, -0.1) is 0 Å². The lowest BCUT2D eigenvalue weighted by molar-refractivity contribution is 1.07. The Bertz CT molecular complexity index is 313. The predicted molar refractivity (Wildman–Crippen MR) is 46.3 cm³/mol. The van der Waals surface area contributed by atoms with E-state index in [-0.39, 0.29) is 0 Å². The van der Waals surface area contributed by atoms with Crippen LogP contribution in [0.15, 0.2) is 18.2 Å². The summed E-state index contributed by atoms with van der Waals surface area (Å²) in [6.45, 7) is 2.12. The maximum absolute atomic E-state index is 7.63. The normalized spacial score (nSPS) is 15.2. The van der Waals surface area contributed by atoms with Crippen molar-refractivity contribution in [3.05, 3.63) is 34.9 Å². The zero-order valence-electron chi connectivity index (χ0n) is 6.65. The molecule has 0 heterocycles. The molecule has 0 aliphatic heterocycles. The first-order chi connectivity index (χ1) is 5.29. The van der Waals surface area contributed by atoms with Crippen molar-refractivity contribution >= 4 is 5.71 Å². The molecule has 0 atom stereocenters. The summed E-state index contributed by atoms with van der Waals surface area (Å²) < 4.78 is 0. The molecule has 56 valence electrons. The summed E-state index contributed by atoms with van der Waals surface area (Å²) in [4.78, 5) is 0. The third-order valence-electron chi connectivity index (χ3n) is 2.36. The summed E-state index contributed by atoms with van der Waals surface area (Å²) in [5.41, 5.74) is 4.70. The molecule has 11 heavy (non-hydrogen) atoms. The summed E-state index contributed by atoms with van der Waals surface area (Å²) in [7, 11) is 0. The average molecular weight is 145 g/mol. The molecule has 1 aromatic rings. The Morgan fingerprint density at radius 1 is 1.27 bits per heavy atom. The monoisotopic (exact) mass is 145 g/mol. The topological polar surface area (TPSA) is 23.9 Å². The van der Waals surface area contributed by atoms with Gasteiger partial charge in [0.2, 0.25) is 0 Å². The second-order valence-corrected chi connectivity index (χ2v) is 3.08. The SMILES string of the molecule is Cc1cccc2c1CCC2=N. The molecule has 0 aromatic heterocycles. The van der Waals surface area contributed by atoms with Gasteiger partial charge in [-0.25, -0.2) is 0 Å². The molecular weight excluding hydrogens is 134 g/mol. The fraction of sp³-hybridized carbons (Fsp3) is 0.300. The first-order valence-electron chi connectivity index (χ1n) is 3.95. The Morgan fingerprint density at radius 3 is 2.82 bits per heavy atom. The van der Waals surface area contributed by atoms with Gasteiger partial charge in [-0.1, -0.05) is 18.2 Å². The van der Waals surface area contributed by atoms with Crippen LogP contribution in [0, 0.1) is 12.3 Å². The van der Waals surface area contributed by atoms with Crippen LogP contribution in [0.25, 0.3) is 0 Å². The van der Waals surface area contributed by atoms with Crippen LogP contribution >= 0.6 is 0 Å². The number of rotatable bonds is 0. The van der Waals surface area contributed by atoms with Crippen LogP contribution in [0.4, 0.5) is 0 Å². The number of aryl methyl sites for hydroxylation is 1. The maximum atomic E-state index is 7.63. The van der Waals surface area contributed by atoms with Gasteiger partial charge >= 0.3 is 0 Å². The van der Waals surface area contributed by atoms with Crippen molar-refractivity contribution < 1.29 is 0 Å². The van der Waals surface area contributed by atoms with Gasteiger partial charge < -0.3 is 5.41 Å². The zero-order chi connectivity index (χ0) is 7.84. The molecule has 0 saturated carbocycles. The quantitative estimate of drug-likeness (QED) is 0.579. The molecule has 1 aromatic carbocycles. The highest BCUT2D eigenvalue weighted by atomic mass is 14.4. The van der Waals surface area contributed by atoms with Crippen molar-refractivity contribution in [3.8, 4) is 0 Å². The van der Waals surface area contributed by atoms with E-state index < -0.39 is 0 Å². The second kappa shape index (κ2) is 2.19. The average Bonchev–Trinajstić information content (AvgIpc) is 2.35. The minimum Gasteiger partial charge on any atom is -0.305 e. The molecule has 0 saturated heterocycles. The van der Waals surface area contributed by atoms with E-state index in [1.807, 2.05) is 6.07 Å². The minimum atomic E-state index is 0.809. The molecule has 1 N–H and O–H groups in total. The van der Waals surface area contributed by atoms with E-state index in [4.69, 9.17) is 5.41 Å². The van der Waals surface area contributed by atoms with Gasteiger partial charge in [-0.05, 0) is 36.5 Å². The van der Waals surface area contributed by atoms with Gasteiger partial charge in [-0.3, -0.25) is 0 Å². The fourth-order valence-corrected chi connectivity index (χ4v) is 1.70. The van der Waals surface area contributed by atoms with Crippen LogP contribution < -0.4 is 0 Å². The van der Waals surface area contributed by atoms with Crippen molar-refractivity contribution in [2.24, 2.45) is 0 Å². The van der Waals surface area contributed by atoms with Crippen molar-refractivity contribution in [3.63, 3.8) is 0 Å². The first kappa shape index (κ1) is 6.59. The molecule has 0 amide bonds. The summed E-state index contributed by atoms with van der Waals surface area (Å²) in [6, 6.07) is 6.21. The molecule has 1 heteroatoms. The highest BCUT2D eigenvalue weighted by molar-refractivity contribution is 6.02. The zero-order valence-corrected chi connectivity index (χ0v) is 6.65. The summed E-state index contributed by atoms with van der Waals surface area (Å²) in [5.74, 6) is 0. The Kier molecular flexibility index (Phi) is 1.31. The second-order valence-electron chi connectivity index (χ2n) is 3.08. The highest BCUT2D eigenvalue weighted by Crippen LogP contribution is 2.24.